The van der Waals surface area contributed by atoms with E-state index in [-0.39, 0.29) is 18.4 Å². The Kier molecular flexibility index (Phi) is 7.49. The molecule has 1 aliphatic rings. The molecule has 166 valence electrons. The van der Waals surface area contributed by atoms with Crippen molar-refractivity contribution in [2.24, 2.45) is 0 Å². The smallest absolute Gasteiger partial charge is 0.270 e. The molecule has 0 bridgehead atoms. The average Bonchev–Trinajstić information content (AvgIpc) is 3.07. The number of thioether (sulfide) groups is 1. The van der Waals surface area contributed by atoms with Crippen molar-refractivity contribution in [3.05, 3.63) is 92.8 Å². The maximum atomic E-state index is 12.9. The third-order valence-corrected chi connectivity index (χ3v) is 6.62. The molecule has 1 fully saturated rings. The lowest BCUT2D eigenvalue weighted by atomic mass is 10.2. The molecule has 1 heterocycles. The summed E-state index contributed by atoms with van der Waals surface area (Å²) in [6, 6.07) is 21.4. The topological polar surface area (TPSA) is 58.6 Å². The number of amides is 2. The number of thiocarbonyl (C=S) groups is 1. The maximum absolute atomic E-state index is 12.9. The number of nitrogens with one attached hydrogen (secondary N) is 1. The number of carbonyl (C=O) groups is 2. The maximum Gasteiger partial charge on any atom is 0.270 e. The first kappa shape index (κ1) is 23.5. The molecule has 0 spiro atoms. The van der Waals surface area contributed by atoms with E-state index < -0.39 is 0 Å². The number of anilines is 2. The van der Waals surface area contributed by atoms with Crippen molar-refractivity contribution in [1.29, 1.82) is 0 Å². The van der Waals surface area contributed by atoms with E-state index in [2.05, 4.69) is 21.2 Å². The van der Waals surface area contributed by atoms with E-state index in [0.717, 1.165) is 10.0 Å². The predicted octanol–water partition coefficient (Wildman–Crippen LogP) is 6.53. The molecule has 9 heteroatoms. The van der Waals surface area contributed by atoms with Gasteiger partial charge in [-0.15, -0.1) is 0 Å². The van der Waals surface area contributed by atoms with Crippen LogP contribution in [-0.4, -0.2) is 22.7 Å². The number of nitrogens with zero attached hydrogens (tertiary/aromatic N) is 1. The van der Waals surface area contributed by atoms with Gasteiger partial charge in [-0.2, -0.15) is 0 Å². The molecule has 0 radical (unpaired) electrons. The lowest BCUT2D eigenvalue weighted by Gasteiger charge is -2.14. The van der Waals surface area contributed by atoms with Gasteiger partial charge in [0.15, 0.2) is 10.9 Å². The molecule has 5 nitrogen and oxygen atoms in total. The Balaban J connectivity index is 1.41. The summed E-state index contributed by atoms with van der Waals surface area (Å²) >= 11 is 15.9. The minimum Gasteiger partial charge on any atom is -0.484 e. The summed E-state index contributed by atoms with van der Waals surface area (Å²) in [6.45, 7) is -0.141. The molecule has 0 aromatic heterocycles. The Morgan fingerprint density at radius 1 is 1.12 bits per heavy atom. The molecular weight excluding hydrogens is 544 g/mol. The standard InChI is InChI=1S/C24H16BrClN2O3S2/c25-16-4-8-18(9-5-16)27-22(29)14-31-20-3-1-2-15(12-20)13-21-23(30)28(24(32)33-21)19-10-6-17(26)7-11-19/h1-13H,14H2,(H,27,29)/b21-13-. The van der Waals surface area contributed by atoms with Crippen molar-refractivity contribution in [2.75, 3.05) is 16.8 Å². The van der Waals surface area contributed by atoms with Gasteiger partial charge in [-0.25, -0.2) is 0 Å². The number of halogens is 2. The minimum absolute atomic E-state index is 0.141. The first-order valence-electron chi connectivity index (χ1n) is 9.71. The number of hydrogen-bond acceptors (Lipinski definition) is 5. The van der Waals surface area contributed by atoms with Crippen molar-refractivity contribution in [3.63, 3.8) is 0 Å². The Bertz CT molecular complexity index is 1250. The van der Waals surface area contributed by atoms with Crippen LogP contribution in [0.5, 0.6) is 5.75 Å². The van der Waals surface area contributed by atoms with Gasteiger partial charge in [0.05, 0.1) is 10.6 Å². The second-order valence-corrected chi connectivity index (χ2v) is 9.94. The summed E-state index contributed by atoms with van der Waals surface area (Å²) in [7, 11) is 0. The number of rotatable bonds is 6. The van der Waals surface area contributed by atoms with Crippen LogP contribution in [-0.2, 0) is 9.59 Å². The van der Waals surface area contributed by atoms with Crippen LogP contribution >= 0.6 is 51.5 Å². The summed E-state index contributed by atoms with van der Waals surface area (Å²) in [6.07, 6.45) is 1.75. The largest absolute Gasteiger partial charge is 0.484 e. The van der Waals surface area contributed by atoms with E-state index in [1.54, 1.807) is 60.7 Å². The lowest BCUT2D eigenvalue weighted by molar-refractivity contribution is -0.118. The van der Waals surface area contributed by atoms with Crippen LogP contribution in [0.25, 0.3) is 6.08 Å². The average molecular weight is 560 g/mol. The van der Waals surface area contributed by atoms with Crippen LogP contribution in [0.1, 0.15) is 5.56 Å². The summed E-state index contributed by atoms with van der Waals surface area (Å²) < 4.78 is 7.01. The van der Waals surface area contributed by atoms with Gasteiger partial charge in [0, 0.05) is 15.2 Å². The molecule has 4 rings (SSSR count). The summed E-state index contributed by atoms with van der Waals surface area (Å²) in [5.41, 5.74) is 2.11. The van der Waals surface area contributed by atoms with Crippen molar-refractivity contribution < 1.29 is 14.3 Å². The zero-order valence-corrected chi connectivity index (χ0v) is 20.9. The molecule has 0 saturated carbocycles. The van der Waals surface area contributed by atoms with Gasteiger partial charge in [-0.05, 0) is 72.3 Å². The molecule has 1 saturated heterocycles. The quantitative estimate of drug-likeness (QED) is 0.275. The van der Waals surface area contributed by atoms with Gasteiger partial charge in [0.1, 0.15) is 5.75 Å². The number of benzene rings is 3. The fraction of sp³-hybridized carbons (Fsp3) is 0.0417. The molecule has 1 N–H and O–H groups in total. The molecular formula is C24H16BrClN2O3S2. The van der Waals surface area contributed by atoms with E-state index in [4.69, 9.17) is 28.6 Å². The third kappa shape index (κ3) is 6.03. The van der Waals surface area contributed by atoms with Gasteiger partial charge >= 0.3 is 0 Å². The van der Waals surface area contributed by atoms with Crippen LogP contribution in [0.2, 0.25) is 5.02 Å². The predicted molar refractivity (Wildman–Crippen MR) is 142 cm³/mol. The third-order valence-electron chi connectivity index (χ3n) is 4.53. The Morgan fingerprint density at radius 3 is 2.58 bits per heavy atom. The summed E-state index contributed by atoms with van der Waals surface area (Å²) in [5, 5.41) is 3.36. The van der Waals surface area contributed by atoms with E-state index in [9.17, 15) is 9.59 Å². The van der Waals surface area contributed by atoms with E-state index >= 15 is 0 Å². The zero-order valence-electron chi connectivity index (χ0n) is 17.0. The van der Waals surface area contributed by atoms with Gasteiger partial charge in [0.2, 0.25) is 0 Å². The normalized spacial score (nSPS) is 14.6. The highest BCUT2D eigenvalue weighted by molar-refractivity contribution is 9.10. The number of carbonyl (C=O) groups excluding carboxylic acids is 2. The first-order chi connectivity index (χ1) is 15.9. The lowest BCUT2D eigenvalue weighted by Crippen LogP contribution is -2.27. The monoisotopic (exact) mass is 558 g/mol. The van der Waals surface area contributed by atoms with Crippen LogP contribution in [0, 0.1) is 0 Å². The van der Waals surface area contributed by atoms with E-state index in [1.165, 1.54) is 16.7 Å². The summed E-state index contributed by atoms with van der Waals surface area (Å²) in [5.74, 6) is 0.0435. The highest BCUT2D eigenvalue weighted by atomic mass is 79.9. The van der Waals surface area contributed by atoms with Crippen LogP contribution in [0.4, 0.5) is 11.4 Å². The van der Waals surface area contributed by atoms with Crippen molar-refractivity contribution in [2.45, 2.75) is 0 Å². The Hall–Kier alpha value is -2.65. The first-order valence-corrected chi connectivity index (χ1v) is 12.1. The highest BCUT2D eigenvalue weighted by Crippen LogP contribution is 2.36. The van der Waals surface area contributed by atoms with Gasteiger partial charge in [-0.1, -0.05) is 63.6 Å². The summed E-state index contributed by atoms with van der Waals surface area (Å²) in [4.78, 5) is 27.1. The van der Waals surface area contributed by atoms with E-state index in [0.29, 0.717) is 31.4 Å². The second-order valence-electron chi connectivity index (χ2n) is 6.91. The Labute approximate surface area is 213 Å². The molecule has 2 amide bonds. The molecule has 0 aliphatic carbocycles. The van der Waals surface area contributed by atoms with Crippen molar-refractivity contribution in [1.82, 2.24) is 0 Å². The molecule has 3 aromatic carbocycles. The van der Waals surface area contributed by atoms with Crippen molar-refractivity contribution in [3.8, 4) is 5.75 Å². The molecule has 1 aliphatic heterocycles. The van der Waals surface area contributed by atoms with Crippen LogP contribution in [0.3, 0.4) is 0 Å². The van der Waals surface area contributed by atoms with Crippen molar-refractivity contribution >= 4 is 85.1 Å². The zero-order chi connectivity index (χ0) is 23.4. The van der Waals surface area contributed by atoms with Crippen LogP contribution < -0.4 is 15.0 Å². The van der Waals surface area contributed by atoms with E-state index in [1.807, 2.05) is 18.2 Å². The minimum atomic E-state index is -0.272. The number of hydrogen-bond donors (Lipinski definition) is 1. The highest BCUT2D eigenvalue weighted by Gasteiger charge is 2.33. The van der Waals surface area contributed by atoms with Gasteiger partial charge in [-0.3, -0.25) is 14.5 Å². The SMILES string of the molecule is O=C(COc1cccc(/C=C2\SC(=S)N(c3ccc(Cl)cc3)C2=O)c1)Nc1ccc(Br)cc1. The molecule has 3 aromatic rings. The fourth-order valence-electron chi connectivity index (χ4n) is 3.01. The van der Waals surface area contributed by atoms with Crippen LogP contribution in [0.15, 0.2) is 82.2 Å². The second kappa shape index (κ2) is 10.5. The molecule has 0 unspecified atom stereocenters. The van der Waals surface area contributed by atoms with Gasteiger partial charge < -0.3 is 10.1 Å². The number of ether oxygens (including phenoxy) is 1. The fourth-order valence-corrected chi connectivity index (χ4v) is 4.69. The molecule has 33 heavy (non-hydrogen) atoms. The molecule has 0 atom stereocenters. The Morgan fingerprint density at radius 2 is 1.85 bits per heavy atom. The van der Waals surface area contributed by atoms with Gasteiger partial charge in [0.25, 0.3) is 11.8 Å².